The number of sulfonamides is 1. The predicted octanol–water partition coefficient (Wildman–Crippen LogP) is 3.86. The highest BCUT2D eigenvalue weighted by Gasteiger charge is 2.33. The zero-order chi connectivity index (χ0) is 22.6. The predicted molar refractivity (Wildman–Crippen MR) is 119 cm³/mol. The van der Waals surface area contributed by atoms with Crippen molar-refractivity contribution in [3.63, 3.8) is 0 Å². The maximum Gasteiger partial charge on any atom is 0.338 e. The van der Waals surface area contributed by atoms with E-state index in [4.69, 9.17) is 16.3 Å². The molecule has 2 aromatic rings. The summed E-state index contributed by atoms with van der Waals surface area (Å²) in [5.74, 6) is -1.23. The lowest BCUT2D eigenvalue weighted by Crippen LogP contribution is -2.43. The van der Waals surface area contributed by atoms with E-state index in [1.165, 1.54) is 28.6 Å². The number of hydrogen-bond donors (Lipinski definition) is 1. The monoisotopic (exact) mass is 464 g/mol. The second-order valence-electron chi connectivity index (χ2n) is 7.34. The van der Waals surface area contributed by atoms with Crippen LogP contribution in [0.15, 0.2) is 47.4 Å². The second-order valence-corrected chi connectivity index (χ2v) is 9.72. The van der Waals surface area contributed by atoms with Crippen molar-refractivity contribution in [1.29, 1.82) is 0 Å². The van der Waals surface area contributed by atoms with Gasteiger partial charge in [-0.05, 0) is 68.7 Å². The molecule has 166 valence electrons. The number of rotatable bonds is 6. The normalized spacial score (nSPS) is 17.2. The van der Waals surface area contributed by atoms with E-state index in [9.17, 15) is 18.0 Å². The van der Waals surface area contributed by atoms with Crippen molar-refractivity contribution >= 4 is 39.2 Å². The van der Waals surface area contributed by atoms with Crippen LogP contribution in [0.3, 0.4) is 0 Å². The van der Waals surface area contributed by atoms with Crippen molar-refractivity contribution in [2.75, 3.05) is 25.0 Å². The molecule has 7 nitrogen and oxygen atoms in total. The largest absolute Gasteiger partial charge is 0.462 e. The van der Waals surface area contributed by atoms with Crippen LogP contribution in [-0.4, -0.2) is 44.3 Å². The molecule has 1 aliphatic rings. The lowest BCUT2D eigenvalue weighted by molar-refractivity contribution is -0.120. The molecule has 31 heavy (non-hydrogen) atoms. The molecule has 1 aliphatic heterocycles. The summed E-state index contributed by atoms with van der Waals surface area (Å²) >= 11 is 5.86. The minimum atomic E-state index is -3.72. The Morgan fingerprint density at radius 1 is 1.19 bits per heavy atom. The summed E-state index contributed by atoms with van der Waals surface area (Å²) in [6.45, 7) is 4.17. The van der Waals surface area contributed by atoms with E-state index in [1.54, 1.807) is 32.0 Å². The molecule has 0 bridgehead atoms. The first-order valence-electron chi connectivity index (χ1n) is 10.1. The van der Waals surface area contributed by atoms with E-state index in [-0.39, 0.29) is 24.0 Å². The molecule has 0 spiro atoms. The minimum absolute atomic E-state index is 0.0907. The molecular weight excluding hydrogens is 440 g/mol. The number of ether oxygens (including phenoxy) is 1. The Bertz CT molecular complexity index is 1070. The fourth-order valence-electron chi connectivity index (χ4n) is 3.57. The van der Waals surface area contributed by atoms with E-state index < -0.39 is 21.9 Å². The van der Waals surface area contributed by atoms with E-state index in [0.29, 0.717) is 41.2 Å². The number of carbonyl (C=O) groups excluding carboxylic acids is 2. The van der Waals surface area contributed by atoms with Gasteiger partial charge in [-0.25, -0.2) is 13.2 Å². The van der Waals surface area contributed by atoms with Gasteiger partial charge in [-0.15, -0.1) is 0 Å². The molecule has 0 radical (unpaired) electrons. The Kier molecular flexibility index (Phi) is 7.35. The van der Waals surface area contributed by atoms with Gasteiger partial charge in [-0.1, -0.05) is 17.7 Å². The van der Waals surface area contributed by atoms with E-state index >= 15 is 0 Å². The average Bonchev–Trinajstić information content (AvgIpc) is 2.75. The number of nitrogens with zero attached hydrogens (tertiary/aromatic N) is 1. The van der Waals surface area contributed by atoms with Gasteiger partial charge in [-0.3, -0.25) is 4.79 Å². The molecule has 0 saturated carbocycles. The molecule has 0 aromatic heterocycles. The summed E-state index contributed by atoms with van der Waals surface area (Å²) in [5, 5.41) is 3.30. The second kappa shape index (κ2) is 9.80. The number of hydrogen-bond acceptors (Lipinski definition) is 5. The summed E-state index contributed by atoms with van der Waals surface area (Å²) in [6, 6.07) is 11.0. The molecule has 1 saturated heterocycles. The Morgan fingerprint density at radius 3 is 2.58 bits per heavy atom. The maximum atomic E-state index is 13.0. The number of benzene rings is 2. The Morgan fingerprint density at radius 2 is 1.90 bits per heavy atom. The van der Waals surface area contributed by atoms with E-state index in [0.717, 1.165) is 0 Å². The van der Waals surface area contributed by atoms with Gasteiger partial charge < -0.3 is 10.1 Å². The number of esters is 1. The minimum Gasteiger partial charge on any atom is -0.462 e. The number of carbonyl (C=O) groups is 2. The molecule has 1 atom stereocenters. The summed E-state index contributed by atoms with van der Waals surface area (Å²) < 4.78 is 32.3. The summed E-state index contributed by atoms with van der Waals surface area (Å²) in [4.78, 5) is 25.2. The van der Waals surface area contributed by atoms with Crippen LogP contribution in [0.5, 0.6) is 0 Å². The highest BCUT2D eigenvalue weighted by Crippen LogP contribution is 2.27. The molecule has 0 aliphatic carbocycles. The van der Waals surface area contributed by atoms with Crippen LogP contribution in [-0.2, 0) is 19.6 Å². The third-order valence-corrected chi connectivity index (χ3v) is 7.42. The van der Waals surface area contributed by atoms with Crippen LogP contribution in [0.2, 0.25) is 5.02 Å². The van der Waals surface area contributed by atoms with Gasteiger partial charge in [0, 0.05) is 23.8 Å². The average molecular weight is 465 g/mol. The Balaban J connectivity index is 1.74. The van der Waals surface area contributed by atoms with Crippen molar-refractivity contribution in [2.45, 2.75) is 31.6 Å². The topological polar surface area (TPSA) is 92.8 Å². The first kappa shape index (κ1) is 23.2. The summed E-state index contributed by atoms with van der Waals surface area (Å²) in [6.07, 6.45) is 1.15. The number of nitrogens with one attached hydrogen (secondary N) is 1. The molecule has 1 fully saturated rings. The Labute approximate surface area is 187 Å². The zero-order valence-corrected chi connectivity index (χ0v) is 19.0. The van der Waals surface area contributed by atoms with Gasteiger partial charge in [0.25, 0.3) is 0 Å². The summed E-state index contributed by atoms with van der Waals surface area (Å²) in [5.41, 5.74) is 1.50. The van der Waals surface area contributed by atoms with Gasteiger partial charge >= 0.3 is 5.97 Å². The van der Waals surface area contributed by atoms with Crippen molar-refractivity contribution in [3.05, 3.63) is 58.6 Å². The van der Waals surface area contributed by atoms with Crippen LogP contribution >= 0.6 is 11.6 Å². The maximum absolute atomic E-state index is 13.0. The SMILES string of the molecule is CCOC(=O)c1cccc(NC(=O)[C@@H]2CCCN(S(=O)(=O)c3ccc(Cl)cc3)C2)c1C. The van der Waals surface area contributed by atoms with Crippen LogP contribution in [0.1, 0.15) is 35.7 Å². The smallest absolute Gasteiger partial charge is 0.338 e. The van der Waals surface area contributed by atoms with Crippen molar-refractivity contribution in [2.24, 2.45) is 5.92 Å². The Hall–Kier alpha value is -2.42. The number of anilines is 1. The highest BCUT2D eigenvalue weighted by molar-refractivity contribution is 7.89. The number of halogens is 1. The van der Waals surface area contributed by atoms with Gasteiger partial charge in [0.05, 0.1) is 23.0 Å². The molecule has 2 aromatic carbocycles. The molecule has 9 heteroatoms. The molecule has 1 N–H and O–H groups in total. The molecule has 1 amide bonds. The molecule has 3 rings (SSSR count). The van der Waals surface area contributed by atoms with Gasteiger partial charge in [0.1, 0.15) is 0 Å². The van der Waals surface area contributed by atoms with Crippen LogP contribution < -0.4 is 5.32 Å². The highest BCUT2D eigenvalue weighted by atomic mass is 35.5. The van der Waals surface area contributed by atoms with E-state index in [2.05, 4.69) is 5.32 Å². The quantitative estimate of drug-likeness (QED) is 0.655. The fourth-order valence-corrected chi connectivity index (χ4v) is 5.22. The first-order valence-corrected chi connectivity index (χ1v) is 11.9. The standard InChI is InChI=1S/C22H25ClN2O5S/c1-3-30-22(27)19-7-4-8-20(15(19)2)24-21(26)16-6-5-13-25(14-16)31(28,29)18-11-9-17(23)10-12-18/h4,7-12,16H,3,5-6,13-14H2,1-2H3,(H,24,26)/t16-/m1/s1. The van der Waals surface area contributed by atoms with Crippen LogP contribution in [0.25, 0.3) is 0 Å². The van der Waals surface area contributed by atoms with Crippen molar-refractivity contribution in [3.8, 4) is 0 Å². The van der Waals surface area contributed by atoms with Gasteiger partial charge in [0.2, 0.25) is 15.9 Å². The number of amides is 1. The third kappa shape index (κ3) is 5.26. The van der Waals surface area contributed by atoms with Crippen LogP contribution in [0.4, 0.5) is 5.69 Å². The first-order chi connectivity index (χ1) is 14.7. The lowest BCUT2D eigenvalue weighted by atomic mass is 9.98. The van der Waals surface area contributed by atoms with Crippen molar-refractivity contribution in [1.82, 2.24) is 4.31 Å². The van der Waals surface area contributed by atoms with E-state index in [1.807, 2.05) is 0 Å². The molecule has 1 heterocycles. The lowest BCUT2D eigenvalue weighted by Gasteiger charge is -2.31. The fraction of sp³-hybridized carbons (Fsp3) is 0.364. The van der Waals surface area contributed by atoms with Gasteiger partial charge in [-0.2, -0.15) is 4.31 Å². The van der Waals surface area contributed by atoms with Gasteiger partial charge in [0.15, 0.2) is 0 Å². The number of piperidine rings is 1. The zero-order valence-electron chi connectivity index (χ0n) is 17.4. The van der Waals surface area contributed by atoms with Crippen molar-refractivity contribution < 1.29 is 22.7 Å². The molecular formula is C22H25ClN2O5S. The third-order valence-electron chi connectivity index (χ3n) is 5.29. The molecule has 0 unspecified atom stereocenters. The van der Waals surface area contributed by atoms with Crippen LogP contribution in [0, 0.1) is 12.8 Å². The summed E-state index contributed by atoms with van der Waals surface area (Å²) in [7, 11) is -3.72.